The Bertz CT molecular complexity index is 1050. The first kappa shape index (κ1) is 23.7. The number of likely N-dealkylation sites (N-methyl/N-ethyl adjacent to an activating group) is 1. The zero-order valence-electron chi connectivity index (χ0n) is 19.7. The number of benzene rings is 2. The zero-order valence-corrected chi connectivity index (χ0v) is 20.5. The highest BCUT2D eigenvalue weighted by molar-refractivity contribution is 7.89. The van der Waals surface area contributed by atoms with Crippen molar-refractivity contribution < 1.29 is 13.2 Å². The second-order valence-electron chi connectivity index (χ2n) is 9.58. The summed E-state index contributed by atoms with van der Waals surface area (Å²) < 4.78 is 27.7. The summed E-state index contributed by atoms with van der Waals surface area (Å²) in [5.41, 5.74) is 2.29. The smallest absolute Gasteiger partial charge is 0.255 e. The summed E-state index contributed by atoms with van der Waals surface area (Å²) in [6.07, 6.45) is 1.04. The molecule has 2 atom stereocenters. The Kier molecular flexibility index (Phi) is 7.07. The van der Waals surface area contributed by atoms with Gasteiger partial charge in [-0.3, -0.25) is 4.79 Å². The van der Waals surface area contributed by atoms with Crippen molar-refractivity contribution in [2.24, 2.45) is 11.8 Å². The van der Waals surface area contributed by atoms with Crippen molar-refractivity contribution >= 4 is 27.3 Å². The van der Waals surface area contributed by atoms with E-state index in [0.717, 1.165) is 38.3 Å². The molecule has 0 radical (unpaired) electrons. The highest BCUT2D eigenvalue weighted by atomic mass is 32.2. The first-order chi connectivity index (χ1) is 15.7. The number of hydrogen-bond donors (Lipinski definition) is 1. The molecule has 2 heterocycles. The molecular formula is C25H34N4O3S. The number of piperazine rings is 1. The molecule has 2 aliphatic heterocycles. The van der Waals surface area contributed by atoms with Gasteiger partial charge in [-0.05, 0) is 73.8 Å². The van der Waals surface area contributed by atoms with E-state index in [1.807, 2.05) is 24.3 Å². The number of rotatable bonds is 5. The topological polar surface area (TPSA) is 73.0 Å². The molecule has 2 fully saturated rings. The van der Waals surface area contributed by atoms with Gasteiger partial charge in [0.05, 0.1) is 4.90 Å². The lowest BCUT2D eigenvalue weighted by Gasteiger charge is -2.34. The summed E-state index contributed by atoms with van der Waals surface area (Å²) in [5.74, 6) is 0.430. The van der Waals surface area contributed by atoms with Gasteiger partial charge >= 0.3 is 0 Å². The second kappa shape index (κ2) is 9.83. The molecule has 2 aromatic carbocycles. The van der Waals surface area contributed by atoms with Crippen LogP contribution < -0.4 is 10.2 Å². The van der Waals surface area contributed by atoms with Gasteiger partial charge in [0.2, 0.25) is 10.0 Å². The molecule has 0 aromatic heterocycles. The monoisotopic (exact) mass is 470 g/mol. The predicted molar refractivity (Wildman–Crippen MR) is 132 cm³/mol. The number of hydrogen-bond acceptors (Lipinski definition) is 5. The van der Waals surface area contributed by atoms with Crippen LogP contribution in [0.1, 0.15) is 30.6 Å². The van der Waals surface area contributed by atoms with Crippen LogP contribution in [0.3, 0.4) is 0 Å². The van der Waals surface area contributed by atoms with Crippen LogP contribution in [0.25, 0.3) is 0 Å². The predicted octanol–water partition coefficient (Wildman–Crippen LogP) is 3.36. The van der Waals surface area contributed by atoms with Gasteiger partial charge in [-0.15, -0.1) is 0 Å². The maximum absolute atomic E-state index is 13.0. The lowest BCUT2D eigenvalue weighted by molar-refractivity contribution is 0.102. The number of amides is 1. The number of sulfonamides is 1. The molecule has 0 bridgehead atoms. The lowest BCUT2D eigenvalue weighted by Crippen LogP contribution is -2.44. The SMILES string of the molecule is CC1CC(C)CN(S(=O)(=O)c2ccc(C(=O)Nc3ccc(N4CCN(C)CC4)cc3)cc2)C1. The van der Waals surface area contributed by atoms with Crippen LogP contribution in [-0.4, -0.2) is 69.8 Å². The van der Waals surface area contributed by atoms with Crippen molar-refractivity contribution in [2.45, 2.75) is 25.2 Å². The van der Waals surface area contributed by atoms with Crippen molar-refractivity contribution in [3.8, 4) is 0 Å². The summed E-state index contributed by atoms with van der Waals surface area (Å²) in [4.78, 5) is 17.6. The molecule has 1 amide bonds. The minimum absolute atomic E-state index is 0.233. The Morgan fingerprint density at radius 1 is 0.879 bits per heavy atom. The normalized spacial score (nSPS) is 22.8. The van der Waals surface area contributed by atoms with Gasteiger partial charge in [0, 0.05) is 56.2 Å². The highest BCUT2D eigenvalue weighted by Crippen LogP contribution is 2.27. The summed E-state index contributed by atoms with van der Waals surface area (Å²) in [5, 5.41) is 2.90. The summed E-state index contributed by atoms with van der Waals surface area (Å²) in [7, 11) is -1.42. The zero-order chi connectivity index (χ0) is 23.6. The van der Waals surface area contributed by atoms with E-state index in [1.165, 1.54) is 12.1 Å². The highest BCUT2D eigenvalue weighted by Gasteiger charge is 2.31. The maximum Gasteiger partial charge on any atom is 0.255 e. The first-order valence-electron chi connectivity index (χ1n) is 11.7. The van der Waals surface area contributed by atoms with Gasteiger partial charge < -0.3 is 15.1 Å². The molecule has 0 aliphatic carbocycles. The molecule has 0 saturated carbocycles. The molecular weight excluding hydrogens is 436 g/mol. The lowest BCUT2D eigenvalue weighted by atomic mass is 9.94. The van der Waals surface area contributed by atoms with Crippen molar-refractivity contribution in [1.82, 2.24) is 9.21 Å². The van der Waals surface area contributed by atoms with E-state index < -0.39 is 10.0 Å². The van der Waals surface area contributed by atoms with E-state index in [4.69, 9.17) is 0 Å². The molecule has 2 saturated heterocycles. The van der Waals surface area contributed by atoms with E-state index in [-0.39, 0.29) is 10.8 Å². The average Bonchev–Trinajstić information content (AvgIpc) is 2.79. The van der Waals surface area contributed by atoms with Crippen LogP contribution in [0, 0.1) is 11.8 Å². The minimum Gasteiger partial charge on any atom is -0.369 e. The Hall–Kier alpha value is -2.42. The van der Waals surface area contributed by atoms with Gasteiger partial charge in [-0.2, -0.15) is 4.31 Å². The third-order valence-electron chi connectivity index (χ3n) is 6.58. The van der Waals surface area contributed by atoms with E-state index in [0.29, 0.717) is 36.2 Å². The Morgan fingerprint density at radius 3 is 2.03 bits per heavy atom. The largest absolute Gasteiger partial charge is 0.369 e. The first-order valence-corrected chi connectivity index (χ1v) is 13.1. The molecule has 1 N–H and O–H groups in total. The molecule has 8 heteroatoms. The third-order valence-corrected chi connectivity index (χ3v) is 8.43. The number of nitrogens with one attached hydrogen (secondary N) is 1. The third kappa shape index (κ3) is 5.57. The van der Waals surface area contributed by atoms with Crippen LogP contribution >= 0.6 is 0 Å². The fourth-order valence-corrected chi connectivity index (χ4v) is 6.43. The van der Waals surface area contributed by atoms with Crippen LogP contribution in [0.15, 0.2) is 53.4 Å². The number of nitrogens with zero attached hydrogens (tertiary/aromatic N) is 3. The summed E-state index contributed by atoms with van der Waals surface area (Å²) in [6.45, 7) is 9.32. The van der Waals surface area contributed by atoms with Crippen molar-refractivity contribution in [3.05, 3.63) is 54.1 Å². The van der Waals surface area contributed by atoms with Crippen molar-refractivity contribution in [1.29, 1.82) is 0 Å². The number of anilines is 2. The second-order valence-corrected chi connectivity index (χ2v) is 11.5. The molecule has 2 aliphatic rings. The van der Waals surface area contributed by atoms with Crippen LogP contribution in [0.2, 0.25) is 0 Å². The standard InChI is InChI=1S/C25H34N4O3S/c1-19-16-20(2)18-29(17-19)33(31,32)24-10-4-21(5-11-24)25(30)26-22-6-8-23(9-7-22)28-14-12-27(3)13-15-28/h4-11,19-20H,12-18H2,1-3H3,(H,26,30). The van der Waals surface area contributed by atoms with E-state index in [9.17, 15) is 13.2 Å². The van der Waals surface area contributed by atoms with Crippen LogP contribution in [-0.2, 0) is 10.0 Å². The van der Waals surface area contributed by atoms with Gasteiger partial charge in [-0.25, -0.2) is 8.42 Å². The van der Waals surface area contributed by atoms with E-state index >= 15 is 0 Å². The van der Waals surface area contributed by atoms with Gasteiger partial charge in [-0.1, -0.05) is 13.8 Å². The minimum atomic E-state index is -3.55. The van der Waals surface area contributed by atoms with E-state index in [2.05, 4.69) is 36.0 Å². The molecule has 178 valence electrons. The molecule has 4 rings (SSSR count). The fourth-order valence-electron chi connectivity index (χ4n) is 4.75. The molecule has 7 nitrogen and oxygen atoms in total. The molecule has 33 heavy (non-hydrogen) atoms. The Balaban J connectivity index is 1.39. The van der Waals surface area contributed by atoms with Gasteiger partial charge in [0.25, 0.3) is 5.91 Å². The number of piperidine rings is 1. The number of carbonyl (C=O) groups excluding carboxylic acids is 1. The van der Waals surface area contributed by atoms with Crippen molar-refractivity contribution in [3.63, 3.8) is 0 Å². The molecule has 2 unspecified atom stereocenters. The fraction of sp³-hybridized carbons (Fsp3) is 0.480. The van der Waals surface area contributed by atoms with E-state index in [1.54, 1.807) is 16.4 Å². The Morgan fingerprint density at radius 2 is 1.45 bits per heavy atom. The van der Waals surface area contributed by atoms with Gasteiger partial charge in [0.15, 0.2) is 0 Å². The summed E-state index contributed by atoms with van der Waals surface area (Å²) in [6, 6.07) is 14.1. The van der Waals surface area contributed by atoms with Crippen LogP contribution in [0.4, 0.5) is 11.4 Å². The van der Waals surface area contributed by atoms with Crippen LogP contribution in [0.5, 0.6) is 0 Å². The average molecular weight is 471 g/mol. The number of carbonyl (C=O) groups is 1. The Labute approximate surface area is 197 Å². The van der Waals surface area contributed by atoms with Crippen molar-refractivity contribution in [2.75, 3.05) is 56.5 Å². The molecule has 0 spiro atoms. The maximum atomic E-state index is 13.0. The van der Waals surface area contributed by atoms with Gasteiger partial charge in [0.1, 0.15) is 0 Å². The molecule has 2 aromatic rings. The quantitative estimate of drug-likeness (QED) is 0.726. The summed E-state index contributed by atoms with van der Waals surface area (Å²) >= 11 is 0.